The molecular weight excluding hydrogens is 389 g/mol. The van der Waals surface area contributed by atoms with E-state index >= 15 is 0 Å². The summed E-state index contributed by atoms with van der Waals surface area (Å²) in [5.41, 5.74) is -0.356. The summed E-state index contributed by atoms with van der Waals surface area (Å²) in [4.78, 5) is 25.4. The molecule has 2 N–H and O–H groups in total. The minimum Gasteiger partial charge on any atom is -0.493 e. The molecule has 0 aromatic heterocycles. The molecule has 2 rings (SSSR count). The molecule has 1 aromatic rings. The van der Waals surface area contributed by atoms with E-state index in [1.54, 1.807) is 17.9 Å². The largest absolute Gasteiger partial charge is 0.493 e. The van der Waals surface area contributed by atoms with Crippen LogP contribution >= 0.6 is 0 Å². The van der Waals surface area contributed by atoms with Gasteiger partial charge in [-0.1, -0.05) is 0 Å². The summed E-state index contributed by atoms with van der Waals surface area (Å²) >= 11 is 0. The van der Waals surface area contributed by atoms with Crippen LogP contribution in [0.1, 0.15) is 53.4 Å². The van der Waals surface area contributed by atoms with Gasteiger partial charge in [0.2, 0.25) is 0 Å². The predicted molar refractivity (Wildman–Crippen MR) is 114 cm³/mol. The Hall–Kier alpha value is -2.51. The van der Waals surface area contributed by atoms with Gasteiger partial charge in [0.1, 0.15) is 17.2 Å². The van der Waals surface area contributed by atoms with Gasteiger partial charge in [-0.15, -0.1) is 0 Å². The first-order valence-corrected chi connectivity index (χ1v) is 10.6. The third-order valence-corrected chi connectivity index (χ3v) is 4.82. The van der Waals surface area contributed by atoms with Crippen molar-refractivity contribution in [2.75, 3.05) is 31.6 Å². The maximum atomic E-state index is 14.1. The van der Waals surface area contributed by atoms with Gasteiger partial charge in [-0.2, -0.15) is 0 Å². The number of likely N-dealkylation sites (tertiary alicyclic amines) is 1. The van der Waals surface area contributed by atoms with E-state index in [-0.39, 0.29) is 11.8 Å². The van der Waals surface area contributed by atoms with E-state index in [1.807, 2.05) is 20.8 Å². The number of nitrogens with zero attached hydrogens (tertiary/aromatic N) is 1. The van der Waals surface area contributed by atoms with Crippen LogP contribution in [-0.2, 0) is 4.74 Å². The quantitative estimate of drug-likeness (QED) is 0.619. The van der Waals surface area contributed by atoms with Crippen molar-refractivity contribution in [3.8, 4) is 5.75 Å². The van der Waals surface area contributed by atoms with E-state index in [4.69, 9.17) is 9.47 Å². The number of halogens is 1. The number of piperidine rings is 1. The molecule has 3 amide bonds. The Morgan fingerprint density at radius 1 is 1.23 bits per heavy atom. The van der Waals surface area contributed by atoms with Crippen LogP contribution in [0.2, 0.25) is 0 Å². The van der Waals surface area contributed by atoms with Crippen molar-refractivity contribution >= 4 is 17.8 Å². The number of ether oxygens (including phenoxy) is 2. The Balaban J connectivity index is 1.67. The summed E-state index contributed by atoms with van der Waals surface area (Å²) in [5, 5.41) is 5.01. The molecule has 1 aliphatic rings. The van der Waals surface area contributed by atoms with E-state index in [2.05, 4.69) is 10.6 Å². The van der Waals surface area contributed by atoms with E-state index in [9.17, 15) is 14.0 Å². The van der Waals surface area contributed by atoms with Crippen molar-refractivity contribution in [3.05, 3.63) is 24.0 Å². The van der Waals surface area contributed by atoms with Crippen LogP contribution in [0, 0.1) is 11.7 Å². The van der Waals surface area contributed by atoms with Gasteiger partial charge in [0.05, 0.1) is 12.3 Å². The van der Waals surface area contributed by atoms with E-state index in [1.165, 1.54) is 12.1 Å². The lowest BCUT2D eigenvalue weighted by molar-refractivity contribution is 0.0179. The number of hydrogen-bond acceptors (Lipinski definition) is 4. The highest BCUT2D eigenvalue weighted by atomic mass is 19.1. The highest BCUT2D eigenvalue weighted by Gasteiger charge is 2.26. The Kier molecular flexibility index (Phi) is 8.74. The number of hydrogen-bond donors (Lipinski definition) is 2. The standard InChI is InChI=1S/C22H34FN3O4/c1-5-24-20(27)25-19-9-8-17(15-18(19)23)29-14-6-7-16-10-12-26(13-11-16)21(28)30-22(2,3)4/h8-9,15-16H,5-7,10-14H2,1-4H3,(H2,24,25,27). The number of nitrogens with one attached hydrogen (secondary N) is 2. The smallest absolute Gasteiger partial charge is 0.410 e. The molecule has 8 heteroatoms. The number of amides is 3. The lowest BCUT2D eigenvalue weighted by Crippen LogP contribution is -2.41. The second-order valence-electron chi connectivity index (χ2n) is 8.53. The summed E-state index contributed by atoms with van der Waals surface area (Å²) < 4.78 is 25.2. The SMILES string of the molecule is CCNC(=O)Nc1ccc(OCCCC2CCN(C(=O)OC(C)(C)C)CC2)cc1F. The molecule has 0 atom stereocenters. The molecule has 168 valence electrons. The van der Waals surface area contributed by atoms with Crippen LogP contribution in [0.4, 0.5) is 19.7 Å². The van der Waals surface area contributed by atoms with Crippen LogP contribution in [0.15, 0.2) is 18.2 Å². The van der Waals surface area contributed by atoms with Gasteiger partial charge < -0.3 is 25.0 Å². The number of carbonyl (C=O) groups is 2. The first-order valence-electron chi connectivity index (χ1n) is 10.6. The molecule has 30 heavy (non-hydrogen) atoms. The zero-order chi connectivity index (χ0) is 22.1. The second kappa shape index (κ2) is 11.0. The first kappa shape index (κ1) is 23.8. The van der Waals surface area contributed by atoms with Crippen LogP contribution < -0.4 is 15.4 Å². The third-order valence-electron chi connectivity index (χ3n) is 4.82. The minimum atomic E-state index is -0.534. The lowest BCUT2D eigenvalue weighted by atomic mass is 9.92. The van der Waals surface area contributed by atoms with Crippen LogP contribution in [0.5, 0.6) is 5.75 Å². The Labute approximate surface area is 178 Å². The van der Waals surface area contributed by atoms with Gasteiger partial charge in [-0.3, -0.25) is 0 Å². The van der Waals surface area contributed by atoms with E-state index < -0.39 is 17.4 Å². The van der Waals surface area contributed by atoms with E-state index in [0.717, 1.165) is 25.7 Å². The fraction of sp³-hybridized carbons (Fsp3) is 0.636. The Morgan fingerprint density at radius 2 is 1.93 bits per heavy atom. The molecule has 0 radical (unpaired) electrons. The van der Waals surface area contributed by atoms with Crippen molar-refractivity contribution < 1.29 is 23.5 Å². The monoisotopic (exact) mass is 423 g/mol. The fourth-order valence-corrected chi connectivity index (χ4v) is 3.31. The van der Waals surface area contributed by atoms with Gasteiger partial charge in [0.25, 0.3) is 0 Å². The van der Waals surface area contributed by atoms with Crippen molar-refractivity contribution in [3.63, 3.8) is 0 Å². The third kappa shape index (κ3) is 8.08. The number of benzene rings is 1. The summed E-state index contributed by atoms with van der Waals surface area (Å²) in [6, 6.07) is 3.97. The minimum absolute atomic E-state index is 0.116. The number of rotatable bonds is 7. The van der Waals surface area contributed by atoms with Crippen LogP contribution in [-0.4, -0.2) is 48.9 Å². The van der Waals surface area contributed by atoms with Gasteiger partial charge >= 0.3 is 12.1 Å². The average Bonchev–Trinajstić information content (AvgIpc) is 2.66. The molecule has 1 heterocycles. The highest BCUT2D eigenvalue weighted by molar-refractivity contribution is 5.89. The topological polar surface area (TPSA) is 79.9 Å². The molecule has 1 saturated heterocycles. The maximum Gasteiger partial charge on any atom is 0.410 e. The van der Waals surface area contributed by atoms with Gasteiger partial charge in [0, 0.05) is 25.7 Å². The maximum absolute atomic E-state index is 14.1. The summed E-state index contributed by atoms with van der Waals surface area (Å²) in [6.45, 7) is 9.79. The second-order valence-corrected chi connectivity index (χ2v) is 8.53. The summed E-state index contributed by atoms with van der Waals surface area (Å²) in [6.07, 6.45) is 3.53. The molecular formula is C22H34FN3O4. The Morgan fingerprint density at radius 3 is 2.53 bits per heavy atom. The number of urea groups is 1. The van der Waals surface area contributed by atoms with Crippen molar-refractivity contribution in [2.24, 2.45) is 5.92 Å². The highest BCUT2D eigenvalue weighted by Crippen LogP contribution is 2.24. The molecule has 0 spiro atoms. The Bertz CT molecular complexity index is 713. The molecule has 1 aliphatic heterocycles. The van der Waals surface area contributed by atoms with Crippen molar-refractivity contribution in [1.82, 2.24) is 10.2 Å². The van der Waals surface area contributed by atoms with E-state index in [0.29, 0.717) is 37.9 Å². The predicted octanol–water partition coefficient (Wildman–Crippen LogP) is 4.77. The number of carbonyl (C=O) groups excluding carboxylic acids is 2. The number of anilines is 1. The molecule has 0 unspecified atom stereocenters. The van der Waals surface area contributed by atoms with Crippen molar-refractivity contribution in [1.29, 1.82) is 0 Å². The van der Waals surface area contributed by atoms with Gasteiger partial charge in [-0.05, 0) is 71.4 Å². The van der Waals surface area contributed by atoms with Gasteiger partial charge in [0.15, 0.2) is 0 Å². The molecule has 1 fully saturated rings. The summed E-state index contributed by atoms with van der Waals surface area (Å²) in [7, 11) is 0. The molecule has 0 bridgehead atoms. The van der Waals surface area contributed by atoms with Crippen molar-refractivity contribution in [2.45, 2.75) is 59.0 Å². The summed E-state index contributed by atoms with van der Waals surface area (Å²) in [5.74, 6) is 0.453. The van der Waals surface area contributed by atoms with Crippen LogP contribution in [0.3, 0.4) is 0 Å². The molecule has 0 aliphatic carbocycles. The fourth-order valence-electron chi connectivity index (χ4n) is 3.31. The molecule has 1 aromatic carbocycles. The zero-order valence-electron chi connectivity index (χ0n) is 18.4. The lowest BCUT2D eigenvalue weighted by Gasteiger charge is -2.33. The molecule has 7 nitrogen and oxygen atoms in total. The average molecular weight is 424 g/mol. The first-order chi connectivity index (χ1) is 14.2. The van der Waals surface area contributed by atoms with Crippen LogP contribution in [0.25, 0.3) is 0 Å². The molecule has 0 saturated carbocycles. The zero-order valence-corrected chi connectivity index (χ0v) is 18.4. The normalized spacial score (nSPS) is 14.9. The van der Waals surface area contributed by atoms with Gasteiger partial charge in [-0.25, -0.2) is 14.0 Å².